The van der Waals surface area contributed by atoms with Crippen LogP contribution in [0, 0.1) is 53.3 Å². The van der Waals surface area contributed by atoms with E-state index in [4.69, 9.17) is 0 Å². The molecule has 2 nitrogen and oxygen atoms in total. The van der Waals surface area contributed by atoms with Crippen molar-refractivity contribution >= 4 is 66.8 Å². The van der Waals surface area contributed by atoms with E-state index in [0.29, 0.717) is 64.6 Å². The van der Waals surface area contributed by atoms with Gasteiger partial charge in [-0.1, -0.05) is 329 Å². The summed E-state index contributed by atoms with van der Waals surface area (Å²) < 4.78 is 1.15. The Labute approximate surface area is 563 Å². The van der Waals surface area contributed by atoms with E-state index < -0.39 is 7.12 Å². The van der Waals surface area contributed by atoms with Crippen LogP contribution < -0.4 is 5.46 Å². The summed E-state index contributed by atoms with van der Waals surface area (Å²) in [6.45, 7) is 9.54. The minimum atomic E-state index is -1.41. The molecule has 18 rings (SSSR count). The van der Waals surface area contributed by atoms with Gasteiger partial charge >= 0.3 is 7.12 Å². The highest BCUT2D eigenvalue weighted by Crippen LogP contribution is 2.56. The van der Waals surface area contributed by atoms with Gasteiger partial charge in [0.1, 0.15) is 0 Å². The second-order valence-corrected chi connectivity index (χ2v) is 29.1. The van der Waals surface area contributed by atoms with Crippen molar-refractivity contribution in [2.24, 2.45) is 53.3 Å². The number of hydrogen-bond acceptors (Lipinski definition) is 2. The average Bonchev–Trinajstić information content (AvgIpc) is 1.77. The molecule has 9 aromatic carbocycles. The predicted octanol–water partition coefficient (Wildman–Crippen LogP) is 21.3. The lowest BCUT2D eigenvalue weighted by atomic mass is 9.63. The molecule has 9 aromatic rings. The van der Waals surface area contributed by atoms with Gasteiger partial charge in [-0.3, -0.25) is 0 Å². The van der Waals surface area contributed by atoms with Crippen molar-refractivity contribution in [1.82, 2.24) is 0 Å². The first kappa shape index (κ1) is 59.8. The van der Waals surface area contributed by atoms with Gasteiger partial charge in [0.15, 0.2) is 0 Å². The molecule has 0 aliphatic heterocycles. The summed E-state index contributed by atoms with van der Waals surface area (Å²) in [5, 5.41) is 23.7. The van der Waals surface area contributed by atoms with Crippen molar-refractivity contribution < 1.29 is 10.0 Å². The van der Waals surface area contributed by atoms with Crippen LogP contribution in [0.2, 0.25) is 0 Å². The molecule has 10 unspecified atom stereocenters. The van der Waals surface area contributed by atoms with Crippen LogP contribution in [-0.4, -0.2) is 17.2 Å². The quantitative estimate of drug-likeness (QED) is 0.163. The van der Waals surface area contributed by atoms with Crippen LogP contribution in [0.3, 0.4) is 0 Å². The Hall–Kier alpha value is -9.16. The summed E-state index contributed by atoms with van der Waals surface area (Å²) in [5.74, 6) is 4.64. The molecule has 9 aliphatic carbocycles. The van der Waals surface area contributed by atoms with Crippen LogP contribution in [0.1, 0.15) is 72.6 Å². The molecule has 0 radical (unpaired) electrons. The van der Waals surface area contributed by atoms with Gasteiger partial charge in [0.25, 0.3) is 0 Å². The van der Waals surface area contributed by atoms with E-state index in [9.17, 15) is 10.0 Å². The molecule has 0 heterocycles. The van der Waals surface area contributed by atoms with Crippen LogP contribution in [0.5, 0.6) is 0 Å². The van der Waals surface area contributed by atoms with Crippen molar-refractivity contribution in [3.63, 3.8) is 0 Å². The number of allylic oxidation sites excluding steroid dienone is 24. The molecule has 0 saturated heterocycles. The third-order valence-electron chi connectivity index (χ3n) is 22.2. The maximum Gasteiger partial charge on any atom is 0.488 e. The summed E-state index contributed by atoms with van der Waals surface area (Å²) in [5.41, 5.74) is 22.2. The fraction of sp³-hybridized carbons (Fsp3) is 0.178. The SMILES string of the molecule is CC1(C)c2cc(-c3ccc4ccccc4c3)ccc2C2C=CC(c3ccc(C4=CC5C=CC=CC5C5C=CC=CC45)cc3)=CC21.CC1(C)c2cc(Br)ccc2-c2ccc(-c3ccc4ccccc4c3)cc21.OB(O)c1ccc(C2=CC3C=CC=CC3C3C=CC=CC23)cc1. The first-order valence-corrected chi connectivity index (χ1v) is 34.5. The number of benzene rings is 9. The van der Waals surface area contributed by atoms with Gasteiger partial charge in [0, 0.05) is 39.5 Å². The zero-order chi connectivity index (χ0) is 63.8. The van der Waals surface area contributed by atoms with Crippen molar-refractivity contribution in [3.8, 4) is 33.4 Å². The Morgan fingerprint density at radius 1 is 0.362 bits per heavy atom. The monoisotopic (exact) mass is 1280 g/mol. The molecule has 0 aromatic heterocycles. The maximum atomic E-state index is 9.27. The summed E-state index contributed by atoms with van der Waals surface area (Å²) in [6, 6.07) is 68.5. The largest absolute Gasteiger partial charge is 0.488 e. The second-order valence-electron chi connectivity index (χ2n) is 28.2. The molecule has 4 heteroatoms. The fourth-order valence-electron chi connectivity index (χ4n) is 17.1. The normalized spacial score (nSPS) is 24.9. The lowest BCUT2D eigenvalue weighted by Gasteiger charge is -2.40. The lowest BCUT2D eigenvalue weighted by molar-refractivity contribution is 0.357. The van der Waals surface area contributed by atoms with Crippen LogP contribution in [0.4, 0.5) is 0 Å². The van der Waals surface area contributed by atoms with Gasteiger partial charge in [0.2, 0.25) is 0 Å². The minimum Gasteiger partial charge on any atom is -0.423 e. The third kappa shape index (κ3) is 10.8. The Balaban J connectivity index is 0.000000121. The predicted molar refractivity (Wildman–Crippen MR) is 400 cm³/mol. The standard InChI is InChI=1S/C45H38.C25H19Br.C20H19BO2/c1-45(2)43-27-34(21-23-40(43)41-24-22-35(28-44(41)45)33-20-17-29-9-3-4-10-32(29)25-33)30-15-18-31(19-16-30)42-26-36-11-5-6-12-37(36)38-13-7-8-14-39(38)42;1-25(2)23-14-19(18-8-7-16-5-3-4-6-17(16)13-18)9-11-21(23)22-12-10-20(26)15-24(22)25;22-21(23)16-11-9-14(10-12-16)20-13-15-5-1-2-6-17(15)18-7-3-4-8-19(18)20/h3-28,36-40,43H,1-2H3;3-15H,1-2H3;1-13,15,17-19,22-23H. The molecule has 2 N–H and O–H groups in total. The molecule has 94 heavy (non-hydrogen) atoms. The Kier molecular flexibility index (Phi) is 15.5. The van der Waals surface area contributed by atoms with Gasteiger partial charge in [0.05, 0.1) is 0 Å². The average molecular weight is 1280 g/mol. The summed E-state index contributed by atoms with van der Waals surface area (Å²) in [4.78, 5) is 0. The minimum absolute atomic E-state index is 0.0152. The van der Waals surface area contributed by atoms with Crippen LogP contribution in [0.25, 0.3) is 71.6 Å². The second kappa shape index (κ2) is 24.3. The smallest absolute Gasteiger partial charge is 0.423 e. The van der Waals surface area contributed by atoms with E-state index in [0.717, 1.165) is 10.0 Å². The topological polar surface area (TPSA) is 40.5 Å². The molecule has 0 spiro atoms. The molecular weight excluding hydrogens is 1200 g/mol. The zero-order valence-corrected chi connectivity index (χ0v) is 55.2. The molecule has 0 bridgehead atoms. The Bertz CT molecular complexity index is 4890. The van der Waals surface area contributed by atoms with Gasteiger partial charge in [-0.15, -0.1) is 0 Å². The number of fused-ring (bicyclic) bond motifs is 14. The zero-order valence-electron chi connectivity index (χ0n) is 53.6. The summed E-state index contributed by atoms with van der Waals surface area (Å²) >= 11 is 3.64. The van der Waals surface area contributed by atoms with E-state index in [-0.39, 0.29) is 10.8 Å². The van der Waals surface area contributed by atoms with Crippen LogP contribution in [0.15, 0.2) is 320 Å². The fourth-order valence-corrected chi connectivity index (χ4v) is 17.5. The first-order valence-electron chi connectivity index (χ1n) is 33.7. The number of halogens is 1. The lowest BCUT2D eigenvalue weighted by Crippen LogP contribution is -2.32. The van der Waals surface area contributed by atoms with Gasteiger partial charge in [-0.2, -0.15) is 0 Å². The molecule has 9 aliphatic rings. The number of rotatable bonds is 6. The molecule has 0 saturated carbocycles. The van der Waals surface area contributed by atoms with Crippen LogP contribution >= 0.6 is 15.9 Å². The van der Waals surface area contributed by atoms with Gasteiger partial charge < -0.3 is 10.0 Å². The molecule has 0 amide bonds. The highest BCUT2D eigenvalue weighted by molar-refractivity contribution is 9.10. The summed E-state index contributed by atoms with van der Waals surface area (Å²) in [7, 11) is -1.41. The van der Waals surface area contributed by atoms with Crippen molar-refractivity contribution in [1.29, 1.82) is 0 Å². The van der Waals surface area contributed by atoms with E-state index in [2.05, 4.69) is 335 Å². The Morgan fingerprint density at radius 2 is 0.798 bits per heavy atom. The number of hydrogen-bond donors (Lipinski definition) is 2. The molecule has 10 atom stereocenters. The molecule has 0 fully saturated rings. The van der Waals surface area contributed by atoms with E-state index in [1.807, 2.05) is 12.1 Å². The van der Waals surface area contributed by atoms with Crippen molar-refractivity contribution in [2.75, 3.05) is 0 Å². The third-order valence-corrected chi connectivity index (χ3v) is 22.7. The van der Waals surface area contributed by atoms with Crippen LogP contribution in [-0.2, 0) is 10.8 Å². The molecule has 458 valence electrons. The first-order chi connectivity index (χ1) is 45.8. The highest BCUT2D eigenvalue weighted by Gasteiger charge is 2.46. The Morgan fingerprint density at radius 3 is 1.36 bits per heavy atom. The van der Waals surface area contributed by atoms with E-state index >= 15 is 0 Å². The molecular formula is C90H76BBrO2. The van der Waals surface area contributed by atoms with E-state index in [1.54, 1.807) is 12.1 Å². The van der Waals surface area contributed by atoms with Crippen molar-refractivity contribution in [3.05, 3.63) is 359 Å². The summed E-state index contributed by atoms with van der Waals surface area (Å²) in [6.07, 6.45) is 48.6. The highest BCUT2D eigenvalue weighted by atomic mass is 79.9. The van der Waals surface area contributed by atoms with E-state index in [1.165, 1.54) is 105 Å². The van der Waals surface area contributed by atoms with Crippen molar-refractivity contribution in [2.45, 2.75) is 44.4 Å². The van der Waals surface area contributed by atoms with Gasteiger partial charge in [-0.05, 0) is 181 Å². The van der Waals surface area contributed by atoms with Gasteiger partial charge in [-0.25, -0.2) is 0 Å². The maximum absolute atomic E-state index is 9.27.